The van der Waals surface area contributed by atoms with Crippen LogP contribution in [0.15, 0.2) is 24.3 Å². The lowest BCUT2D eigenvalue weighted by Gasteiger charge is -2.30. The molecule has 2 unspecified atom stereocenters. The Morgan fingerprint density at radius 2 is 2.17 bits per heavy atom. The van der Waals surface area contributed by atoms with Crippen LogP contribution in [0.3, 0.4) is 0 Å². The highest BCUT2D eigenvalue weighted by molar-refractivity contribution is 5.56. The molecule has 0 radical (unpaired) electrons. The summed E-state index contributed by atoms with van der Waals surface area (Å²) in [4.78, 5) is 2.70. The smallest absolute Gasteiger partial charge is 0.0429 e. The fourth-order valence-corrected chi connectivity index (χ4v) is 3.60. The Labute approximate surface area is 110 Å². The molecule has 2 aliphatic heterocycles. The average molecular weight is 244 g/mol. The normalized spacial score (nSPS) is 27.5. The Bertz CT molecular complexity index is 388. The Kier molecular flexibility index (Phi) is 3.29. The van der Waals surface area contributed by atoms with E-state index in [1.165, 1.54) is 43.6 Å². The second kappa shape index (κ2) is 4.93. The number of likely N-dealkylation sites (tertiary alicyclic amines) is 1. The number of anilines is 1. The number of para-hydroxylation sites is 1. The molecule has 0 saturated carbocycles. The summed E-state index contributed by atoms with van der Waals surface area (Å²) in [7, 11) is 0. The summed E-state index contributed by atoms with van der Waals surface area (Å²) < 4.78 is 0. The highest BCUT2D eigenvalue weighted by Crippen LogP contribution is 2.29. The van der Waals surface area contributed by atoms with E-state index in [1.807, 2.05) is 0 Å². The molecule has 18 heavy (non-hydrogen) atoms. The molecule has 1 fully saturated rings. The molecule has 2 atom stereocenters. The molecule has 3 rings (SSSR count). The van der Waals surface area contributed by atoms with Crippen LogP contribution in [0.4, 0.5) is 5.69 Å². The van der Waals surface area contributed by atoms with E-state index in [2.05, 4.69) is 48.3 Å². The first-order chi connectivity index (χ1) is 8.74. The van der Waals surface area contributed by atoms with E-state index < -0.39 is 0 Å². The summed E-state index contributed by atoms with van der Waals surface area (Å²) in [5.41, 5.74) is 2.84. The van der Waals surface area contributed by atoms with Crippen molar-refractivity contribution in [2.75, 3.05) is 18.4 Å². The Morgan fingerprint density at radius 1 is 1.33 bits per heavy atom. The van der Waals surface area contributed by atoms with Crippen LogP contribution in [0.25, 0.3) is 0 Å². The highest BCUT2D eigenvalue weighted by atomic mass is 15.2. The Hall–Kier alpha value is -1.02. The maximum atomic E-state index is 3.68. The molecule has 98 valence electrons. The van der Waals surface area contributed by atoms with Crippen molar-refractivity contribution in [3.05, 3.63) is 29.8 Å². The van der Waals surface area contributed by atoms with E-state index in [1.54, 1.807) is 0 Å². The number of benzene rings is 1. The SMILES string of the molecule is CC(C)C1CCCN1CC1Cc2ccccc2N1. The molecule has 0 spiro atoms. The number of fused-ring (bicyclic) bond motifs is 1. The third kappa shape index (κ3) is 2.26. The zero-order valence-electron chi connectivity index (χ0n) is 11.5. The fourth-order valence-electron chi connectivity index (χ4n) is 3.60. The Balaban J connectivity index is 1.62. The molecule has 0 aliphatic carbocycles. The van der Waals surface area contributed by atoms with E-state index in [0.29, 0.717) is 6.04 Å². The molecule has 1 aromatic carbocycles. The minimum absolute atomic E-state index is 0.613. The standard InChI is InChI=1S/C16H24N2/c1-12(2)16-8-5-9-18(16)11-14-10-13-6-3-4-7-15(13)17-14/h3-4,6-7,12,14,16-17H,5,8-11H2,1-2H3. The van der Waals surface area contributed by atoms with Gasteiger partial charge in [0, 0.05) is 24.3 Å². The lowest BCUT2D eigenvalue weighted by atomic mass is 10.0. The first-order valence-corrected chi connectivity index (χ1v) is 7.32. The van der Waals surface area contributed by atoms with Gasteiger partial charge in [0.2, 0.25) is 0 Å². The van der Waals surface area contributed by atoms with Crippen molar-refractivity contribution in [3.63, 3.8) is 0 Å². The molecular formula is C16H24N2. The third-order valence-electron chi connectivity index (χ3n) is 4.48. The molecule has 2 heterocycles. The quantitative estimate of drug-likeness (QED) is 0.878. The molecule has 2 nitrogen and oxygen atoms in total. The van der Waals surface area contributed by atoms with Crippen LogP contribution in [-0.4, -0.2) is 30.1 Å². The fraction of sp³-hybridized carbons (Fsp3) is 0.625. The van der Waals surface area contributed by atoms with Gasteiger partial charge in [-0.3, -0.25) is 4.90 Å². The van der Waals surface area contributed by atoms with Gasteiger partial charge in [-0.15, -0.1) is 0 Å². The first-order valence-electron chi connectivity index (χ1n) is 7.32. The van der Waals surface area contributed by atoms with E-state index >= 15 is 0 Å². The monoisotopic (exact) mass is 244 g/mol. The van der Waals surface area contributed by atoms with Gasteiger partial charge in [-0.25, -0.2) is 0 Å². The Morgan fingerprint density at radius 3 is 2.94 bits per heavy atom. The predicted octanol–water partition coefficient (Wildman–Crippen LogP) is 3.14. The lowest BCUT2D eigenvalue weighted by molar-refractivity contribution is 0.200. The number of hydrogen-bond donors (Lipinski definition) is 1. The van der Waals surface area contributed by atoms with Gasteiger partial charge in [0.05, 0.1) is 0 Å². The van der Waals surface area contributed by atoms with Gasteiger partial charge in [0.25, 0.3) is 0 Å². The molecule has 1 N–H and O–H groups in total. The van der Waals surface area contributed by atoms with Gasteiger partial charge in [0.15, 0.2) is 0 Å². The zero-order valence-corrected chi connectivity index (χ0v) is 11.5. The summed E-state index contributed by atoms with van der Waals surface area (Å²) in [5, 5.41) is 3.68. The van der Waals surface area contributed by atoms with Gasteiger partial charge in [-0.2, -0.15) is 0 Å². The molecule has 1 aromatic rings. The largest absolute Gasteiger partial charge is 0.380 e. The van der Waals surface area contributed by atoms with Crippen molar-refractivity contribution in [3.8, 4) is 0 Å². The minimum atomic E-state index is 0.613. The van der Waals surface area contributed by atoms with Crippen molar-refractivity contribution in [1.29, 1.82) is 0 Å². The van der Waals surface area contributed by atoms with Crippen molar-refractivity contribution < 1.29 is 0 Å². The third-order valence-corrected chi connectivity index (χ3v) is 4.48. The van der Waals surface area contributed by atoms with Crippen LogP contribution in [0.5, 0.6) is 0 Å². The second-order valence-corrected chi connectivity index (χ2v) is 6.15. The van der Waals surface area contributed by atoms with Crippen molar-refractivity contribution in [2.45, 2.75) is 45.2 Å². The second-order valence-electron chi connectivity index (χ2n) is 6.15. The van der Waals surface area contributed by atoms with Crippen molar-refractivity contribution in [2.24, 2.45) is 5.92 Å². The molecule has 0 amide bonds. The topological polar surface area (TPSA) is 15.3 Å². The zero-order chi connectivity index (χ0) is 12.5. The summed E-state index contributed by atoms with van der Waals surface area (Å²) in [5.74, 6) is 0.788. The van der Waals surface area contributed by atoms with Gasteiger partial charge in [0.1, 0.15) is 0 Å². The van der Waals surface area contributed by atoms with Crippen LogP contribution < -0.4 is 5.32 Å². The van der Waals surface area contributed by atoms with Crippen molar-refractivity contribution >= 4 is 5.69 Å². The molecule has 0 bridgehead atoms. The van der Waals surface area contributed by atoms with E-state index in [9.17, 15) is 0 Å². The number of nitrogens with one attached hydrogen (secondary N) is 1. The molecule has 0 aromatic heterocycles. The van der Waals surface area contributed by atoms with Gasteiger partial charge in [-0.1, -0.05) is 32.0 Å². The van der Waals surface area contributed by atoms with Gasteiger partial charge >= 0.3 is 0 Å². The summed E-state index contributed by atoms with van der Waals surface area (Å²) in [6, 6.07) is 10.2. The van der Waals surface area contributed by atoms with Crippen LogP contribution in [0, 0.1) is 5.92 Å². The number of nitrogens with zero attached hydrogens (tertiary/aromatic N) is 1. The van der Waals surface area contributed by atoms with Crippen LogP contribution in [0.1, 0.15) is 32.3 Å². The predicted molar refractivity (Wildman–Crippen MR) is 77.0 cm³/mol. The van der Waals surface area contributed by atoms with Gasteiger partial charge in [-0.05, 0) is 43.4 Å². The number of rotatable bonds is 3. The van der Waals surface area contributed by atoms with Gasteiger partial charge < -0.3 is 5.32 Å². The van der Waals surface area contributed by atoms with Crippen molar-refractivity contribution in [1.82, 2.24) is 4.90 Å². The highest BCUT2D eigenvalue weighted by Gasteiger charge is 2.30. The summed E-state index contributed by atoms with van der Waals surface area (Å²) in [6.45, 7) is 7.22. The minimum Gasteiger partial charge on any atom is -0.380 e. The maximum Gasteiger partial charge on any atom is 0.0429 e. The first kappa shape index (κ1) is 12.0. The average Bonchev–Trinajstić information content (AvgIpc) is 2.94. The lowest BCUT2D eigenvalue weighted by Crippen LogP contribution is -2.40. The summed E-state index contributed by atoms with van der Waals surface area (Å²) >= 11 is 0. The molecular weight excluding hydrogens is 220 g/mol. The molecule has 2 heteroatoms. The van der Waals surface area contributed by atoms with Crippen LogP contribution >= 0.6 is 0 Å². The number of hydrogen-bond acceptors (Lipinski definition) is 2. The van der Waals surface area contributed by atoms with E-state index in [4.69, 9.17) is 0 Å². The molecule has 1 saturated heterocycles. The summed E-state index contributed by atoms with van der Waals surface area (Å²) in [6.07, 6.45) is 3.96. The van der Waals surface area contributed by atoms with Crippen LogP contribution in [0.2, 0.25) is 0 Å². The van der Waals surface area contributed by atoms with Crippen LogP contribution in [-0.2, 0) is 6.42 Å². The molecule has 2 aliphatic rings. The van der Waals surface area contributed by atoms with E-state index in [0.717, 1.165) is 12.0 Å². The van der Waals surface area contributed by atoms with E-state index in [-0.39, 0.29) is 0 Å². The maximum absolute atomic E-state index is 3.68.